The topological polar surface area (TPSA) is 61.8 Å². The Kier molecular flexibility index (Phi) is 7.65. The number of urea groups is 1. The number of piperidine rings is 1. The first kappa shape index (κ1) is 18.0. The first-order valence-electron chi connectivity index (χ1n) is 8.18. The highest BCUT2D eigenvalue weighted by atomic mass is 35.5. The lowest BCUT2D eigenvalue weighted by Crippen LogP contribution is -2.49. The lowest BCUT2D eigenvalue weighted by atomic mass is 10.0. The Balaban J connectivity index is 1.64. The van der Waals surface area contributed by atoms with Gasteiger partial charge in [-0.1, -0.05) is 23.7 Å². The van der Waals surface area contributed by atoms with Gasteiger partial charge < -0.3 is 20.1 Å². The maximum atomic E-state index is 12.2. The molecule has 0 aliphatic carbocycles. The Morgan fingerprint density at radius 2 is 2.13 bits per heavy atom. The standard InChI is InChI=1S/C17H25ClN2O3/c18-15-6-4-14(5-7-15)13-23-12-9-19-17(22)20-10-2-1-3-16(20)8-11-21/h4-7,16,21H,1-3,8-13H2,(H,19,22). The van der Waals surface area contributed by atoms with Gasteiger partial charge in [-0.15, -0.1) is 0 Å². The summed E-state index contributed by atoms with van der Waals surface area (Å²) in [5, 5.41) is 12.7. The SMILES string of the molecule is O=C(NCCOCc1ccc(Cl)cc1)N1CCCCC1CCO. The molecule has 1 unspecified atom stereocenters. The zero-order valence-electron chi connectivity index (χ0n) is 13.3. The van der Waals surface area contributed by atoms with Crippen LogP contribution in [-0.4, -0.2) is 48.4 Å². The summed E-state index contributed by atoms with van der Waals surface area (Å²) in [6.07, 6.45) is 3.78. The van der Waals surface area contributed by atoms with E-state index in [4.69, 9.17) is 21.4 Å². The van der Waals surface area contributed by atoms with Crippen LogP contribution in [0.25, 0.3) is 0 Å². The summed E-state index contributed by atoms with van der Waals surface area (Å²) in [7, 11) is 0. The van der Waals surface area contributed by atoms with E-state index in [1.165, 1.54) is 0 Å². The number of carbonyl (C=O) groups excluding carboxylic acids is 1. The van der Waals surface area contributed by atoms with E-state index in [1.807, 2.05) is 29.2 Å². The number of likely N-dealkylation sites (tertiary alicyclic amines) is 1. The van der Waals surface area contributed by atoms with Crippen molar-refractivity contribution in [3.05, 3.63) is 34.9 Å². The second-order valence-electron chi connectivity index (χ2n) is 5.77. The van der Waals surface area contributed by atoms with Gasteiger partial charge in [0.25, 0.3) is 0 Å². The number of benzene rings is 1. The van der Waals surface area contributed by atoms with E-state index in [2.05, 4.69) is 5.32 Å². The van der Waals surface area contributed by atoms with Gasteiger partial charge in [0.15, 0.2) is 0 Å². The fraction of sp³-hybridized carbons (Fsp3) is 0.588. The van der Waals surface area contributed by atoms with Gasteiger partial charge in [-0.2, -0.15) is 0 Å². The molecule has 6 heteroatoms. The normalized spacial score (nSPS) is 18.0. The molecule has 1 aliphatic rings. The fourth-order valence-corrected chi connectivity index (χ4v) is 2.95. The smallest absolute Gasteiger partial charge is 0.317 e. The van der Waals surface area contributed by atoms with Crippen LogP contribution in [0.2, 0.25) is 5.02 Å². The zero-order valence-corrected chi connectivity index (χ0v) is 14.1. The van der Waals surface area contributed by atoms with Crippen LogP contribution in [0, 0.1) is 0 Å². The minimum absolute atomic E-state index is 0.0572. The molecular formula is C17H25ClN2O3. The number of ether oxygens (including phenoxy) is 1. The van der Waals surface area contributed by atoms with Crippen molar-refractivity contribution in [2.45, 2.75) is 38.3 Å². The summed E-state index contributed by atoms with van der Waals surface area (Å²) < 4.78 is 5.56. The predicted octanol–water partition coefficient (Wildman–Crippen LogP) is 2.80. The van der Waals surface area contributed by atoms with Crippen molar-refractivity contribution in [2.24, 2.45) is 0 Å². The summed E-state index contributed by atoms with van der Waals surface area (Å²) in [6, 6.07) is 7.61. The second-order valence-corrected chi connectivity index (χ2v) is 6.20. The van der Waals surface area contributed by atoms with E-state index in [0.29, 0.717) is 31.2 Å². The number of hydrogen-bond donors (Lipinski definition) is 2. The quantitative estimate of drug-likeness (QED) is 0.750. The van der Waals surface area contributed by atoms with Gasteiger partial charge in [0, 0.05) is 30.8 Å². The molecule has 1 aromatic carbocycles. The van der Waals surface area contributed by atoms with Crippen molar-refractivity contribution < 1.29 is 14.6 Å². The second kappa shape index (κ2) is 9.75. The molecule has 1 fully saturated rings. The number of amides is 2. The molecule has 2 amide bonds. The summed E-state index contributed by atoms with van der Waals surface area (Å²) >= 11 is 5.83. The molecule has 1 aliphatic heterocycles. The molecule has 0 radical (unpaired) electrons. The molecule has 0 bridgehead atoms. The van der Waals surface area contributed by atoms with Crippen LogP contribution in [-0.2, 0) is 11.3 Å². The van der Waals surface area contributed by atoms with Crippen LogP contribution in [0.4, 0.5) is 4.79 Å². The van der Waals surface area contributed by atoms with Crippen LogP contribution in [0.1, 0.15) is 31.2 Å². The first-order valence-corrected chi connectivity index (χ1v) is 8.56. The van der Waals surface area contributed by atoms with Crippen molar-refractivity contribution in [1.82, 2.24) is 10.2 Å². The number of halogens is 1. The number of carbonyl (C=O) groups is 1. The first-order chi connectivity index (χ1) is 11.2. The Bertz CT molecular complexity index is 479. The number of nitrogens with one attached hydrogen (secondary N) is 1. The minimum Gasteiger partial charge on any atom is -0.396 e. The highest BCUT2D eigenvalue weighted by Crippen LogP contribution is 2.19. The molecule has 0 saturated carbocycles. The average molecular weight is 341 g/mol. The van der Waals surface area contributed by atoms with E-state index >= 15 is 0 Å². The molecule has 1 saturated heterocycles. The third-order valence-electron chi connectivity index (χ3n) is 4.05. The van der Waals surface area contributed by atoms with Gasteiger partial charge in [0.1, 0.15) is 0 Å². The molecule has 2 N–H and O–H groups in total. The molecule has 1 heterocycles. The Morgan fingerprint density at radius 1 is 1.35 bits per heavy atom. The third-order valence-corrected chi connectivity index (χ3v) is 4.31. The van der Waals surface area contributed by atoms with Gasteiger partial charge >= 0.3 is 6.03 Å². The molecule has 23 heavy (non-hydrogen) atoms. The largest absolute Gasteiger partial charge is 0.396 e. The Morgan fingerprint density at radius 3 is 2.87 bits per heavy atom. The molecule has 0 spiro atoms. The minimum atomic E-state index is -0.0572. The van der Waals surface area contributed by atoms with Gasteiger partial charge in [0.2, 0.25) is 0 Å². The number of aliphatic hydroxyl groups excluding tert-OH is 1. The van der Waals surface area contributed by atoms with Gasteiger partial charge in [-0.05, 0) is 43.4 Å². The number of aliphatic hydroxyl groups is 1. The summed E-state index contributed by atoms with van der Waals surface area (Å²) in [5.74, 6) is 0. The maximum Gasteiger partial charge on any atom is 0.317 e. The highest BCUT2D eigenvalue weighted by Gasteiger charge is 2.25. The highest BCUT2D eigenvalue weighted by molar-refractivity contribution is 6.30. The molecule has 1 atom stereocenters. The van der Waals surface area contributed by atoms with E-state index < -0.39 is 0 Å². The number of hydrogen-bond acceptors (Lipinski definition) is 3. The third kappa shape index (κ3) is 6.01. The molecule has 5 nitrogen and oxygen atoms in total. The summed E-state index contributed by atoms with van der Waals surface area (Å²) in [5.41, 5.74) is 1.06. The van der Waals surface area contributed by atoms with Crippen molar-refractivity contribution in [2.75, 3.05) is 26.3 Å². The Hall–Kier alpha value is -1.30. The van der Waals surface area contributed by atoms with Crippen LogP contribution >= 0.6 is 11.6 Å². The van der Waals surface area contributed by atoms with Crippen molar-refractivity contribution in [3.63, 3.8) is 0 Å². The lowest BCUT2D eigenvalue weighted by molar-refractivity contribution is 0.112. The van der Waals surface area contributed by atoms with E-state index in [-0.39, 0.29) is 18.7 Å². The van der Waals surface area contributed by atoms with E-state index in [9.17, 15) is 4.79 Å². The van der Waals surface area contributed by atoms with Gasteiger partial charge in [-0.3, -0.25) is 0 Å². The van der Waals surface area contributed by atoms with Crippen LogP contribution < -0.4 is 5.32 Å². The van der Waals surface area contributed by atoms with Gasteiger partial charge in [0.05, 0.1) is 13.2 Å². The molecule has 1 aromatic rings. The zero-order chi connectivity index (χ0) is 16.5. The maximum absolute atomic E-state index is 12.2. The van der Waals surface area contributed by atoms with Crippen LogP contribution in [0.15, 0.2) is 24.3 Å². The average Bonchev–Trinajstić information content (AvgIpc) is 2.57. The van der Waals surface area contributed by atoms with E-state index in [1.54, 1.807) is 0 Å². The fourth-order valence-electron chi connectivity index (χ4n) is 2.82. The van der Waals surface area contributed by atoms with Crippen molar-refractivity contribution >= 4 is 17.6 Å². The molecule has 128 valence electrons. The van der Waals surface area contributed by atoms with Crippen molar-refractivity contribution in [3.8, 4) is 0 Å². The van der Waals surface area contributed by atoms with Gasteiger partial charge in [-0.25, -0.2) is 4.79 Å². The number of nitrogens with zero attached hydrogens (tertiary/aromatic N) is 1. The lowest BCUT2D eigenvalue weighted by Gasteiger charge is -2.35. The Labute approximate surface area is 142 Å². The monoisotopic (exact) mass is 340 g/mol. The predicted molar refractivity (Wildman–Crippen MR) is 90.6 cm³/mol. The summed E-state index contributed by atoms with van der Waals surface area (Å²) in [6.45, 7) is 2.34. The summed E-state index contributed by atoms with van der Waals surface area (Å²) in [4.78, 5) is 14.1. The van der Waals surface area contributed by atoms with Crippen LogP contribution in [0.3, 0.4) is 0 Å². The van der Waals surface area contributed by atoms with Crippen molar-refractivity contribution in [1.29, 1.82) is 0 Å². The van der Waals surface area contributed by atoms with E-state index in [0.717, 1.165) is 31.4 Å². The number of rotatable bonds is 7. The molecular weight excluding hydrogens is 316 g/mol. The molecule has 2 rings (SSSR count). The van der Waals surface area contributed by atoms with Crippen LogP contribution in [0.5, 0.6) is 0 Å². The molecule has 0 aromatic heterocycles.